The first-order valence-electron chi connectivity index (χ1n) is 10.0. The van der Waals surface area contributed by atoms with Gasteiger partial charge in [0.15, 0.2) is 5.11 Å². The van der Waals surface area contributed by atoms with Crippen molar-refractivity contribution in [2.75, 3.05) is 0 Å². The zero-order valence-electron chi connectivity index (χ0n) is 16.8. The van der Waals surface area contributed by atoms with Gasteiger partial charge in [-0.1, -0.05) is 12.1 Å². The molecule has 0 aliphatic carbocycles. The van der Waals surface area contributed by atoms with Crippen molar-refractivity contribution in [3.8, 4) is 11.3 Å². The van der Waals surface area contributed by atoms with E-state index in [2.05, 4.69) is 36.1 Å². The first-order chi connectivity index (χ1) is 15.6. The van der Waals surface area contributed by atoms with Crippen molar-refractivity contribution in [2.45, 2.75) is 18.6 Å². The van der Waals surface area contributed by atoms with E-state index in [0.29, 0.717) is 21.9 Å². The average molecular weight is 509 g/mol. The lowest BCUT2D eigenvalue weighted by molar-refractivity contribution is 0.269. The predicted molar refractivity (Wildman–Crippen MR) is 127 cm³/mol. The minimum absolute atomic E-state index is 0.184. The number of halogens is 2. The van der Waals surface area contributed by atoms with Crippen LogP contribution in [-0.2, 0) is 6.54 Å². The van der Waals surface area contributed by atoms with Gasteiger partial charge in [-0.3, -0.25) is 9.97 Å². The van der Waals surface area contributed by atoms with Crippen LogP contribution in [0.2, 0.25) is 0 Å². The number of thiocarbonyl (C=S) groups is 1. The summed E-state index contributed by atoms with van der Waals surface area (Å²) in [6.45, 7) is 0.573. The third kappa shape index (κ3) is 4.03. The fraction of sp³-hybridized carbons (Fsp3) is 0.125. The van der Waals surface area contributed by atoms with Gasteiger partial charge in [0, 0.05) is 35.2 Å². The monoisotopic (exact) mass is 508 g/mol. The fourth-order valence-electron chi connectivity index (χ4n) is 3.92. The van der Waals surface area contributed by atoms with Gasteiger partial charge in [-0.25, -0.2) is 4.39 Å². The lowest BCUT2D eigenvalue weighted by Gasteiger charge is -2.26. The van der Waals surface area contributed by atoms with Crippen molar-refractivity contribution in [1.29, 1.82) is 0 Å². The third-order valence-corrected chi connectivity index (χ3v) is 6.40. The van der Waals surface area contributed by atoms with Crippen molar-refractivity contribution < 1.29 is 8.81 Å². The Morgan fingerprint density at radius 3 is 2.75 bits per heavy atom. The standard InChI is InChI=1S/C24H18BrFN4OS/c25-18-12-16(26)6-7-17(18)20-8-9-21(31-20)23-22(19-5-1-2-11-28-19)29-24(32)30(23)14-15-4-3-10-27-13-15/h1-13,22-23H,14H2,(H,29,32)/t22-,23+/m0/s1. The molecule has 4 heterocycles. The van der Waals surface area contributed by atoms with Gasteiger partial charge in [0.05, 0.1) is 11.7 Å². The summed E-state index contributed by atoms with van der Waals surface area (Å²) in [5.41, 5.74) is 2.69. The van der Waals surface area contributed by atoms with Crippen LogP contribution in [0.1, 0.15) is 29.1 Å². The Kier molecular flexibility index (Phi) is 5.71. The van der Waals surface area contributed by atoms with E-state index in [9.17, 15) is 4.39 Å². The SMILES string of the molecule is Fc1ccc(-c2ccc([C@@H]3[C@H](c4ccccn4)NC(=S)N3Cc3cccnc3)o2)c(Br)c1. The van der Waals surface area contributed by atoms with E-state index in [-0.39, 0.29) is 17.9 Å². The summed E-state index contributed by atoms with van der Waals surface area (Å²) < 4.78 is 20.5. The molecule has 8 heteroatoms. The zero-order chi connectivity index (χ0) is 22.1. The van der Waals surface area contributed by atoms with Gasteiger partial charge in [-0.15, -0.1) is 0 Å². The number of benzene rings is 1. The van der Waals surface area contributed by atoms with Gasteiger partial charge in [0.2, 0.25) is 0 Å². The lowest BCUT2D eigenvalue weighted by atomic mass is 10.0. The Bertz CT molecular complexity index is 1250. The molecule has 0 saturated carbocycles. The number of nitrogens with one attached hydrogen (secondary N) is 1. The summed E-state index contributed by atoms with van der Waals surface area (Å²) in [5, 5.41) is 4.03. The van der Waals surface area contributed by atoms with E-state index in [4.69, 9.17) is 16.6 Å². The van der Waals surface area contributed by atoms with Crippen molar-refractivity contribution in [3.63, 3.8) is 0 Å². The molecule has 0 unspecified atom stereocenters. The topological polar surface area (TPSA) is 54.2 Å². The minimum atomic E-state index is -0.310. The highest BCUT2D eigenvalue weighted by atomic mass is 79.9. The van der Waals surface area contributed by atoms with Crippen LogP contribution in [-0.4, -0.2) is 20.0 Å². The number of pyridine rings is 2. The molecule has 5 rings (SSSR count). The molecule has 1 saturated heterocycles. The van der Waals surface area contributed by atoms with Crippen LogP contribution in [0.25, 0.3) is 11.3 Å². The molecule has 1 fully saturated rings. The summed E-state index contributed by atoms with van der Waals surface area (Å²) in [6, 6.07) is 17.7. The smallest absolute Gasteiger partial charge is 0.170 e. The molecule has 0 radical (unpaired) electrons. The van der Waals surface area contributed by atoms with Crippen LogP contribution in [0.15, 0.2) is 88.1 Å². The van der Waals surface area contributed by atoms with Gasteiger partial charge in [0.1, 0.15) is 23.4 Å². The van der Waals surface area contributed by atoms with Crippen molar-refractivity contribution in [3.05, 3.63) is 107 Å². The second-order valence-electron chi connectivity index (χ2n) is 7.44. The Balaban J connectivity index is 1.55. The van der Waals surface area contributed by atoms with Crippen LogP contribution in [0.3, 0.4) is 0 Å². The largest absolute Gasteiger partial charge is 0.459 e. The fourth-order valence-corrected chi connectivity index (χ4v) is 4.77. The normalized spacial score (nSPS) is 18.1. The van der Waals surface area contributed by atoms with Crippen LogP contribution >= 0.6 is 28.1 Å². The van der Waals surface area contributed by atoms with Crippen LogP contribution in [0, 0.1) is 5.82 Å². The lowest BCUT2D eigenvalue weighted by Crippen LogP contribution is -2.29. The van der Waals surface area contributed by atoms with E-state index in [1.807, 2.05) is 48.7 Å². The highest BCUT2D eigenvalue weighted by molar-refractivity contribution is 9.10. The van der Waals surface area contributed by atoms with Crippen LogP contribution < -0.4 is 5.32 Å². The van der Waals surface area contributed by atoms with Gasteiger partial charge < -0.3 is 14.6 Å². The molecule has 160 valence electrons. The molecule has 1 aliphatic rings. The number of rotatable bonds is 5. The summed E-state index contributed by atoms with van der Waals surface area (Å²) in [4.78, 5) is 10.9. The Morgan fingerprint density at radius 2 is 2.00 bits per heavy atom. The van der Waals surface area contributed by atoms with Crippen LogP contribution in [0.4, 0.5) is 4.39 Å². The quantitative estimate of drug-likeness (QED) is 0.343. The van der Waals surface area contributed by atoms with Gasteiger partial charge in [0.25, 0.3) is 0 Å². The van der Waals surface area contributed by atoms with Crippen molar-refractivity contribution >= 4 is 33.3 Å². The summed E-state index contributed by atoms with van der Waals surface area (Å²) in [7, 11) is 0. The minimum Gasteiger partial charge on any atom is -0.459 e. The second-order valence-corrected chi connectivity index (χ2v) is 8.68. The number of hydrogen-bond donors (Lipinski definition) is 1. The zero-order valence-corrected chi connectivity index (χ0v) is 19.2. The molecule has 5 nitrogen and oxygen atoms in total. The van der Waals surface area contributed by atoms with Gasteiger partial charge in [-0.05, 0) is 82.2 Å². The van der Waals surface area contributed by atoms with Crippen LogP contribution in [0.5, 0.6) is 0 Å². The number of nitrogens with zero attached hydrogens (tertiary/aromatic N) is 3. The van der Waals surface area contributed by atoms with E-state index in [1.54, 1.807) is 18.5 Å². The number of furan rings is 1. The molecule has 32 heavy (non-hydrogen) atoms. The second kappa shape index (κ2) is 8.80. The maximum Gasteiger partial charge on any atom is 0.170 e. The molecule has 1 N–H and O–H groups in total. The Morgan fingerprint density at radius 1 is 1.09 bits per heavy atom. The molecule has 2 atom stereocenters. The first kappa shape index (κ1) is 20.8. The van der Waals surface area contributed by atoms with Crippen molar-refractivity contribution in [2.24, 2.45) is 0 Å². The molecule has 0 amide bonds. The number of aromatic nitrogens is 2. The maximum absolute atomic E-state index is 13.6. The average Bonchev–Trinajstić information content (AvgIpc) is 3.40. The summed E-state index contributed by atoms with van der Waals surface area (Å²) in [6.07, 6.45) is 5.35. The summed E-state index contributed by atoms with van der Waals surface area (Å²) in [5.74, 6) is 1.07. The predicted octanol–water partition coefficient (Wildman–Crippen LogP) is 5.81. The van der Waals surface area contributed by atoms with Gasteiger partial charge in [-0.2, -0.15) is 0 Å². The number of hydrogen-bond acceptors (Lipinski definition) is 4. The van der Waals surface area contributed by atoms with E-state index < -0.39 is 0 Å². The van der Waals surface area contributed by atoms with Gasteiger partial charge >= 0.3 is 0 Å². The third-order valence-electron chi connectivity index (χ3n) is 5.39. The Labute approximate surface area is 198 Å². The summed E-state index contributed by atoms with van der Waals surface area (Å²) >= 11 is 9.14. The molecule has 0 bridgehead atoms. The van der Waals surface area contributed by atoms with E-state index in [1.165, 1.54) is 12.1 Å². The highest BCUT2D eigenvalue weighted by Crippen LogP contribution is 2.41. The highest BCUT2D eigenvalue weighted by Gasteiger charge is 2.41. The molecular weight excluding hydrogens is 491 g/mol. The molecule has 1 aromatic carbocycles. The molecule has 4 aromatic rings. The first-order valence-corrected chi connectivity index (χ1v) is 11.2. The molecular formula is C24H18BrFN4OS. The Hall–Kier alpha value is -3.10. The molecule has 1 aliphatic heterocycles. The van der Waals surface area contributed by atoms with Crippen molar-refractivity contribution in [1.82, 2.24) is 20.2 Å². The molecule has 0 spiro atoms. The van der Waals surface area contributed by atoms with E-state index >= 15 is 0 Å². The van der Waals surface area contributed by atoms with E-state index in [0.717, 1.165) is 22.6 Å². The maximum atomic E-state index is 13.6. The molecule has 3 aromatic heterocycles.